The second kappa shape index (κ2) is 8.52. The fourth-order valence-corrected chi connectivity index (χ4v) is 5.91. The third kappa shape index (κ3) is 3.88. The molecule has 1 aliphatic carbocycles. The fraction of sp³-hybridized carbons (Fsp3) is 0.308. The Morgan fingerprint density at radius 1 is 1.19 bits per heavy atom. The molecule has 0 bridgehead atoms. The van der Waals surface area contributed by atoms with E-state index in [0.29, 0.717) is 31.6 Å². The number of aromatic nitrogens is 5. The summed E-state index contributed by atoms with van der Waals surface area (Å²) in [5, 5.41) is 15.4. The summed E-state index contributed by atoms with van der Waals surface area (Å²) in [5.74, 6) is 1.96. The van der Waals surface area contributed by atoms with Gasteiger partial charge in [-0.25, -0.2) is 18.7 Å². The maximum absolute atomic E-state index is 13.6. The molecule has 36 heavy (non-hydrogen) atoms. The number of halogens is 1. The standard InChI is InChI=1S/C26H27FN7OP/c1-14-22(26(35)32(3)4)15(2)34(30-14)21-11-19-20(12-28-21)36-24-23(17-7-9-18(27)10-8-17)31-33(25(24)29-19)13-16-5-6-16/h7-12,16,29,36H,5-6,13H2,1-4H3. The summed E-state index contributed by atoms with van der Waals surface area (Å²) in [5.41, 5.74) is 4.79. The highest BCUT2D eigenvalue weighted by atomic mass is 31.1. The van der Waals surface area contributed by atoms with Gasteiger partial charge >= 0.3 is 0 Å². The Balaban J connectivity index is 1.39. The number of amides is 1. The van der Waals surface area contributed by atoms with Crippen LogP contribution in [-0.2, 0) is 6.54 Å². The minimum absolute atomic E-state index is 0.0734. The van der Waals surface area contributed by atoms with Crippen molar-refractivity contribution in [2.75, 3.05) is 19.4 Å². The predicted octanol–water partition coefficient (Wildman–Crippen LogP) is 3.68. The summed E-state index contributed by atoms with van der Waals surface area (Å²) < 4.78 is 17.4. The van der Waals surface area contributed by atoms with Gasteiger partial charge in [0.25, 0.3) is 5.91 Å². The van der Waals surface area contributed by atoms with E-state index in [1.807, 2.05) is 26.1 Å². The van der Waals surface area contributed by atoms with E-state index < -0.39 is 0 Å². The van der Waals surface area contributed by atoms with Gasteiger partial charge in [0.05, 0.1) is 22.6 Å². The zero-order valence-corrected chi connectivity index (χ0v) is 21.6. The van der Waals surface area contributed by atoms with E-state index in [9.17, 15) is 9.18 Å². The molecule has 4 aromatic rings. The second-order valence-electron chi connectivity index (χ2n) is 9.70. The molecule has 6 rings (SSSR count). The highest BCUT2D eigenvalue weighted by Crippen LogP contribution is 2.38. The van der Waals surface area contributed by atoms with Crippen molar-refractivity contribution >= 4 is 36.6 Å². The SMILES string of the molecule is Cc1nn(-c2cc3c(cn2)Pc2c(-c4ccc(F)cc4)nn(CC4CC4)c2N3)c(C)c1C(=O)N(C)C. The Hall–Kier alpha value is -3.58. The minimum Gasteiger partial charge on any atom is -0.345 e. The minimum atomic E-state index is -0.257. The molecule has 4 heterocycles. The van der Waals surface area contributed by atoms with Crippen LogP contribution in [0.1, 0.15) is 34.6 Å². The van der Waals surface area contributed by atoms with Gasteiger partial charge in [-0.15, -0.1) is 0 Å². The summed E-state index contributed by atoms with van der Waals surface area (Å²) in [6, 6.07) is 8.52. The number of rotatable bonds is 5. The van der Waals surface area contributed by atoms with Gasteiger partial charge in [0.1, 0.15) is 17.3 Å². The maximum Gasteiger partial charge on any atom is 0.257 e. The quantitative estimate of drug-likeness (QED) is 0.370. The molecule has 1 aromatic carbocycles. The Morgan fingerprint density at radius 3 is 2.64 bits per heavy atom. The average Bonchev–Trinajstić information content (AvgIpc) is 3.55. The van der Waals surface area contributed by atoms with Crippen molar-refractivity contribution < 1.29 is 9.18 Å². The van der Waals surface area contributed by atoms with Gasteiger partial charge in [0, 0.05) is 49.1 Å². The van der Waals surface area contributed by atoms with Gasteiger partial charge in [-0.3, -0.25) is 4.79 Å². The third-order valence-corrected chi connectivity index (χ3v) is 8.12. The Morgan fingerprint density at radius 2 is 1.94 bits per heavy atom. The zero-order chi connectivity index (χ0) is 25.1. The van der Waals surface area contributed by atoms with Gasteiger partial charge in [0.15, 0.2) is 5.82 Å². The number of benzene rings is 1. The fourth-order valence-electron chi connectivity index (χ4n) is 4.62. The van der Waals surface area contributed by atoms with Crippen LogP contribution in [0.15, 0.2) is 36.5 Å². The van der Waals surface area contributed by atoms with Crippen LogP contribution in [-0.4, -0.2) is 49.4 Å². The number of pyridine rings is 1. The summed E-state index contributed by atoms with van der Waals surface area (Å²) in [7, 11) is 3.84. The van der Waals surface area contributed by atoms with E-state index >= 15 is 0 Å². The van der Waals surface area contributed by atoms with Crippen LogP contribution in [0.2, 0.25) is 0 Å². The lowest BCUT2D eigenvalue weighted by molar-refractivity contribution is 0.0826. The molecular formula is C26H27FN7OP. The summed E-state index contributed by atoms with van der Waals surface area (Å²) in [6.45, 7) is 4.60. The number of carbonyl (C=O) groups is 1. The molecule has 3 aromatic heterocycles. The van der Waals surface area contributed by atoms with E-state index in [1.54, 1.807) is 35.8 Å². The first kappa shape index (κ1) is 22.9. The third-order valence-electron chi connectivity index (χ3n) is 6.73. The number of nitrogens with one attached hydrogen (secondary N) is 1. The van der Waals surface area contributed by atoms with Gasteiger partial charge in [-0.2, -0.15) is 10.2 Å². The molecule has 10 heteroatoms. The van der Waals surface area contributed by atoms with Crippen molar-refractivity contribution in [3.63, 3.8) is 0 Å². The molecular weight excluding hydrogens is 476 g/mol. The van der Waals surface area contributed by atoms with Crippen LogP contribution < -0.4 is 15.9 Å². The van der Waals surface area contributed by atoms with E-state index in [0.717, 1.165) is 45.6 Å². The van der Waals surface area contributed by atoms with E-state index in [4.69, 9.17) is 10.1 Å². The molecule has 0 radical (unpaired) electrons. The van der Waals surface area contributed by atoms with E-state index in [-0.39, 0.29) is 11.7 Å². The summed E-state index contributed by atoms with van der Waals surface area (Å²) in [6.07, 6.45) is 4.31. The number of hydrogen-bond donors (Lipinski definition) is 1. The topological polar surface area (TPSA) is 80.9 Å². The van der Waals surface area contributed by atoms with Crippen molar-refractivity contribution in [3.05, 3.63) is 59.3 Å². The van der Waals surface area contributed by atoms with Gasteiger partial charge in [-0.05, 0) is 65.5 Å². The van der Waals surface area contributed by atoms with Crippen molar-refractivity contribution in [1.82, 2.24) is 29.4 Å². The van der Waals surface area contributed by atoms with Crippen LogP contribution in [0.5, 0.6) is 0 Å². The first-order valence-electron chi connectivity index (χ1n) is 12.0. The van der Waals surface area contributed by atoms with E-state index in [1.165, 1.54) is 25.0 Å². The lowest BCUT2D eigenvalue weighted by Gasteiger charge is -2.21. The molecule has 1 amide bonds. The zero-order valence-electron chi connectivity index (χ0n) is 20.6. The molecule has 0 spiro atoms. The van der Waals surface area contributed by atoms with Crippen molar-refractivity contribution in [2.45, 2.75) is 33.2 Å². The van der Waals surface area contributed by atoms with Gasteiger partial charge < -0.3 is 10.2 Å². The smallest absolute Gasteiger partial charge is 0.257 e. The molecule has 2 aliphatic rings. The van der Waals surface area contributed by atoms with Crippen molar-refractivity contribution in [1.29, 1.82) is 0 Å². The highest BCUT2D eigenvalue weighted by Gasteiger charge is 2.30. The summed E-state index contributed by atoms with van der Waals surface area (Å²) in [4.78, 5) is 18.9. The molecule has 1 N–H and O–H groups in total. The number of anilines is 2. The molecule has 0 saturated heterocycles. The van der Waals surface area contributed by atoms with Crippen LogP contribution in [0.4, 0.5) is 15.9 Å². The van der Waals surface area contributed by atoms with Crippen LogP contribution in [0, 0.1) is 25.6 Å². The van der Waals surface area contributed by atoms with Crippen LogP contribution >= 0.6 is 8.58 Å². The summed E-state index contributed by atoms with van der Waals surface area (Å²) >= 11 is 0. The molecule has 1 atom stereocenters. The molecule has 184 valence electrons. The molecule has 1 unspecified atom stereocenters. The predicted molar refractivity (Wildman–Crippen MR) is 140 cm³/mol. The Kier molecular flexibility index (Phi) is 5.41. The number of carbonyl (C=O) groups excluding carboxylic acids is 1. The molecule has 1 aliphatic heterocycles. The van der Waals surface area contributed by atoms with Gasteiger partial charge in [0.2, 0.25) is 0 Å². The van der Waals surface area contributed by atoms with Crippen LogP contribution in [0.25, 0.3) is 17.1 Å². The van der Waals surface area contributed by atoms with Gasteiger partial charge in [-0.1, -0.05) is 0 Å². The Bertz CT molecular complexity index is 1500. The van der Waals surface area contributed by atoms with Crippen LogP contribution in [0.3, 0.4) is 0 Å². The Labute approximate surface area is 210 Å². The normalized spacial score (nSPS) is 14.9. The second-order valence-corrected chi connectivity index (χ2v) is 11.0. The monoisotopic (exact) mass is 503 g/mol. The first-order chi connectivity index (χ1) is 17.3. The average molecular weight is 504 g/mol. The molecule has 1 saturated carbocycles. The highest BCUT2D eigenvalue weighted by molar-refractivity contribution is 7.57. The maximum atomic E-state index is 13.6. The molecule has 8 nitrogen and oxygen atoms in total. The first-order valence-corrected chi connectivity index (χ1v) is 13.0. The largest absolute Gasteiger partial charge is 0.345 e. The number of aryl methyl sites for hydroxylation is 1. The number of nitrogens with zero attached hydrogens (tertiary/aromatic N) is 6. The number of fused-ring (bicyclic) bond motifs is 2. The number of hydrogen-bond acceptors (Lipinski definition) is 5. The van der Waals surface area contributed by atoms with Crippen molar-refractivity contribution in [3.8, 4) is 17.1 Å². The van der Waals surface area contributed by atoms with Crippen molar-refractivity contribution in [2.24, 2.45) is 5.92 Å². The lowest BCUT2D eigenvalue weighted by Crippen LogP contribution is -2.23. The van der Waals surface area contributed by atoms with E-state index in [2.05, 4.69) is 15.1 Å². The molecule has 1 fully saturated rings. The lowest BCUT2D eigenvalue weighted by atomic mass is 10.1.